The van der Waals surface area contributed by atoms with Gasteiger partial charge in [0, 0.05) is 20.3 Å². The van der Waals surface area contributed by atoms with Crippen LogP contribution in [-0.4, -0.2) is 40.0 Å². The van der Waals surface area contributed by atoms with Crippen molar-refractivity contribution in [1.29, 1.82) is 0 Å². The maximum absolute atomic E-state index is 5.60. The molecule has 1 rings (SSSR count). The van der Waals surface area contributed by atoms with Crippen LogP contribution in [0.1, 0.15) is 13.3 Å². The molecule has 0 unspecified atom stereocenters. The molecule has 0 saturated heterocycles. The van der Waals surface area contributed by atoms with E-state index in [1.807, 2.05) is 31.2 Å². The van der Waals surface area contributed by atoms with E-state index in [0.717, 1.165) is 37.6 Å². The van der Waals surface area contributed by atoms with Crippen LogP contribution in [0, 0.1) is 0 Å². The molecule has 0 amide bonds. The Balaban J connectivity index is 2.08. The summed E-state index contributed by atoms with van der Waals surface area (Å²) in [6.45, 7) is 5.93. The Morgan fingerprint density at radius 2 is 1.61 bits per heavy atom. The second kappa shape index (κ2) is 9.74. The van der Waals surface area contributed by atoms with Gasteiger partial charge in [-0.2, -0.15) is 0 Å². The minimum Gasteiger partial charge on any atom is -0.494 e. The fourth-order valence-corrected chi connectivity index (χ4v) is 1.51. The molecule has 0 aliphatic heterocycles. The largest absolute Gasteiger partial charge is 0.494 e. The van der Waals surface area contributed by atoms with Crippen LogP contribution in [0.4, 0.5) is 0 Å². The highest BCUT2D eigenvalue weighted by atomic mass is 16.5. The van der Waals surface area contributed by atoms with Crippen molar-refractivity contribution in [2.24, 2.45) is 0 Å². The molecule has 1 N–H and O–H groups in total. The Hall–Kier alpha value is -1.26. The van der Waals surface area contributed by atoms with Crippen LogP contribution >= 0.6 is 0 Å². The average Bonchev–Trinajstić information content (AvgIpc) is 2.40. The van der Waals surface area contributed by atoms with E-state index in [-0.39, 0.29) is 0 Å². The lowest BCUT2D eigenvalue weighted by Gasteiger charge is -2.08. The Kier molecular flexibility index (Phi) is 8.01. The molecular weight excluding hydrogens is 230 g/mol. The van der Waals surface area contributed by atoms with Gasteiger partial charge in [-0.25, -0.2) is 0 Å². The normalized spacial score (nSPS) is 10.3. The second-order valence-corrected chi connectivity index (χ2v) is 3.85. The third-order valence-electron chi connectivity index (χ3n) is 2.38. The van der Waals surface area contributed by atoms with Crippen LogP contribution in [-0.2, 0) is 4.74 Å². The Morgan fingerprint density at radius 3 is 2.22 bits per heavy atom. The molecule has 102 valence electrons. The summed E-state index contributed by atoms with van der Waals surface area (Å²) in [5.41, 5.74) is 0. The first-order valence-corrected chi connectivity index (χ1v) is 6.42. The topological polar surface area (TPSA) is 39.7 Å². The van der Waals surface area contributed by atoms with Crippen LogP contribution in [0.3, 0.4) is 0 Å². The number of ether oxygens (including phenoxy) is 3. The maximum Gasteiger partial charge on any atom is 0.119 e. The lowest BCUT2D eigenvalue weighted by atomic mass is 10.3. The smallest absolute Gasteiger partial charge is 0.119 e. The molecule has 0 atom stereocenters. The molecule has 1 aromatic rings. The number of hydrogen-bond acceptors (Lipinski definition) is 4. The summed E-state index contributed by atoms with van der Waals surface area (Å²) in [4.78, 5) is 0. The summed E-state index contributed by atoms with van der Waals surface area (Å²) < 4.78 is 15.9. The molecule has 0 aromatic heterocycles. The molecule has 18 heavy (non-hydrogen) atoms. The van der Waals surface area contributed by atoms with Crippen LogP contribution in [0.2, 0.25) is 0 Å². The Morgan fingerprint density at radius 1 is 0.944 bits per heavy atom. The molecule has 0 aliphatic carbocycles. The highest BCUT2D eigenvalue weighted by Gasteiger charge is 1.95. The van der Waals surface area contributed by atoms with E-state index >= 15 is 0 Å². The summed E-state index contributed by atoms with van der Waals surface area (Å²) >= 11 is 0. The van der Waals surface area contributed by atoms with Crippen molar-refractivity contribution in [3.63, 3.8) is 0 Å². The van der Waals surface area contributed by atoms with Gasteiger partial charge in [0.1, 0.15) is 18.1 Å². The summed E-state index contributed by atoms with van der Waals surface area (Å²) in [5.74, 6) is 1.75. The van der Waals surface area contributed by atoms with Crippen molar-refractivity contribution in [2.75, 3.05) is 40.0 Å². The van der Waals surface area contributed by atoms with Crippen molar-refractivity contribution in [2.45, 2.75) is 13.3 Å². The predicted octanol–water partition coefficient (Wildman–Crippen LogP) is 2.09. The molecule has 0 spiro atoms. The average molecular weight is 253 g/mol. The highest BCUT2D eigenvalue weighted by Crippen LogP contribution is 2.17. The molecule has 0 fully saturated rings. The predicted molar refractivity (Wildman–Crippen MR) is 72.5 cm³/mol. The number of rotatable bonds is 10. The monoisotopic (exact) mass is 253 g/mol. The van der Waals surface area contributed by atoms with Gasteiger partial charge in [0.2, 0.25) is 0 Å². The SMILES string of the molecule is CCOc1ccc(OCCNCCCOC)cc1. The van der Waals surface area contributed by atoms with Crippen LogP contribution in [0.15, 0.2) is 24.3 Å². The lowest BCUT2D eigenvalue weighted by Crippen LogP contribution is -2.22. The van der Waals surface area contributed by atoms with Crippen LogP contribution in [0.5, 0.6) is 11.5 Å². The molecule has 4 nitrogen and oxygen atoms in total. The van der Waals surface area contributed by atoms with Gasteiger partial charge >= 0.3 is 0 Å². The third kappa shape index (κ3) is 6.47. The van der Waals surface area contributed by atoms with Gasteiger partial charge in [-0.05, 0) is 44.2 Å². The minimum absolute atomic E-state index is 0.668. The van der Waals surface area contributed by atoms with Crippen LogP contribution < -0.4 is 14.8 Å². The molecule has 0 radical (unpaired) electrons. The molecule has 0 aliphatic rings. The zero-order valence-electron chi connectivity index (χ0n) is 11.3. The first-order valence-electron chi connectivity index (χ1n) is 6.42. The minimum atomic E-state index is 0.668. The molecule has 0 bridgehead atoms. The van der Waals surface area contributed by atoms with E-state index < -0.39 is 0 Å². The first kappa shape index (κ1) is 14.8. The molecule has 1 aromatic carbocycles. The van der Waals surface area contributed by atoms with Crippen molar-refractivity contribution in [1.82, 2.24) is 5.32 Å². The van der Waals surface area contributed by atoms with E-state index in [1.54, 1.807) is 7.11 Å². The van der Waals surface area contributed by atoms with Crippen LogP contribution in [0.25, 0.3) is 0 Å². The van der Waals surface area contributed by atoms with E-state index in [9.17, 15) is 0 Å². The summed E-state index contributed by atoms with van der Waals surface area (Å²) in [6.07, 6.45) is 1.03. The number of methoxy groups -OCH3 is 1. The number of benzene rings is 1. The third-order valence-corrected chi connectivity index (χ3v) is 2.38. The van der Waals surface area contributed by atoms with Crippen molar-refractivity contribution in [3.05, 3.63) is 24.3 Å². The summed E-state index contributed by atoms with van der Waals surface area (Å²) in [5, 5.41) is 3.29. The zero-order chi connectivity index (χ0) is 13.1. The molecule has 0 saturated carbocycles. The highest BCUT2D eigenvalue weighted by molar-refractivity contribution is 5.31. The second-order valence-electron chi connectivity index (χ2n) is 3.85. The van der Waals surface area contributed by atoms with Crippen molar-refractivity contribution >= 4 is 0 Å². The summed E-state index contributed by atoms with van der Waals surface area (Å²) in [7, 11) is 1.72. The number of nitrogens with one attached hydrogen (secondary N) is 1. The fourth-order valence-electron chi connectivity index (χ4n) is 1.51. The van der Waals surface area contributed by atoms with Gasteiger partial charge in [0.25, 0.3) is 0 Å². The standard InChI is InChI=1S/C14H23NO3/c1-3-17-13-5-7-14(8-6-13)18-12-10-15-9-4-11-16-2/h5-8,15H,3-4,9-12H2,1-2H3. The van der Waals surface area contributed by atoms with Gasteiger partial charge < -0.3 is 19.5 Å². The first-order chi connectivity index (χ1) is 8.86. The maximum atomic E-state index is 5.60. The van der Waals surface area contributed by atoms with Crippen molar-refractivity contribution in [3.8, 4) is 11.5 Å². The van der Waals surface area contributed by atoms with Gasteiger partial charge in [-0.1, -0.05) is 0 Å². The van der Waals surface area contributed by atoms with Crippen molar-refractivity contribution < 1.29 is 14.2 Å². The fraction of sp³-hybridized carbons (Fsp3) is 0.571. The zero-order valence-corrected chi connectivity index (χ0v) is 11.3. The van der Waals surface area contributed by atoms with Gasteiger partial charge in [-0.3, -0.25) is 0 Å². The Bertz CT molecular complexity index is 300. The van der Waals surface area contributed by atoms with Gasteiger partial charge in [0.15, 0.2) is 0 Å². The van der Waals surface area contributed by atoms with E-state index in [1.165, 1.54) is 0 Å². The lowest BCUT2D eigenvalue weighted by molar-refractivity contribution is 0.193. The van der Waals surface area contributed by atoms with Gasteiger partial charge in [0.05, 0.1) is 6.61 Å². The summed E-state index contributed by atoms with van der Waals surface area (Å²) in [6, 6.07) is 7.70. The quantitative estimate of drug-likeness (QED) is 0.648. The molecule has 0 heterocycles. The molecular formula is C14H23NO3. The number of hydrogen-bond donors (Lipinski definition) is 1. The van der Waals surface area contributed by atoms with E-state index in [4.69, 9.17) is 14.2 Å². The van der Waals surface area contributed by atoms with Gasteiger partial charge in [-0.15, -0.1) is 0 Å². The van der Waals surface area contributed by atoms with E-state index in [2.05, 4.69) is 5.32 Å². The van der Waals surface area contributed by atoms with E-state index in [0.29, 0.717) is 13.2 Å². The molecule has 4 heteroatoms. The Labute approximate surface area is 109 Å².